The van der Waals surface area contributed by atoms with E-state index in [0.717, 1.165) is 5.69 Å². The normalized spacial score (nSPS) is 11.1. The van der Waals surface area contributed by atoms with Crippen LogP contribution in [-0.4, -0.2) is 21.8 Å². The van der Waals surface area contributed by atoms with Crippen LogP contribution < -0.4 is 15.7 Å². The summed E-state index contributed by atoms with van der Waals surface area (Å²) in [7, 11) is 0. The van der Waals surface area contributed by atoms with Gasteiger partial charge in [-0.2, -0.15) is 5.10 Å². The van der Waals surface area contributed by atoms with Crippen molar-refractivity contribution < 1.29 is 13.9 Å². The predicted octanol–water partition coefficient (Wildman–Crippen LogP) is 3.36. The molecule has 0 saturated carbocycles. The fourth-order valence-corrected chi connectivity index (χ4v) is 2.75. The van der Waals surface area contributed by atoms with Crippen LogP contribution >= 0.6 is 0 Å². The lowest BCUT2D eigenvalue weighted by Crippen LogP contribution is -2.16. The highest BCUT2D eigenvalue weighted by Crippen LogP contribution is 2.24. The predicted molar refractivity (Wildman–Crippen MR) is 98.8 cm³/mol. The molecule has 26 heavy (non-hydrogen) atoms. The molecule has 0 saturated heterocycles. The summed E-state index contributed by atoms with van der Waals surface area (Å²) in [6, 6.07) is 6.28. The van der Waals surface area contributed by atoms with Crippen LogP contribution in [0.2, 0.25) is 0 Å². The molecule has 3 rings (SSSR count). The Kier molecular flexibility index (Phi) is 4.79. The summed E-state index contributed by atoms with van der Waals surface area (Å²) < 4.78 is 12.6. The first-order valence-corrected chi connectivity index (χ1v) is 8.47. The average Bonchev–Trinajstić information content (AvgIpc) is 2.93. The van der Waals surface area contributed by atoms with Crippen molar-refractivity contribution >= 4 is 22.6 Å². The summed E-state index contributed by atoms with van der Waals surface area (Å²) in [5, 5.41) is 7.56. The molecule has 1 aromatic carbocycles. The molecule has 7 nitrogen and oxygen atoms in total. The van der Waals surface area contributed by atoms with Gasteiger partial charge in [-0.15, -0.1) is 0 Å². The fourth-order valence-electron chi connectivity index (χ4n) is 2.75. The van der Waals surface area contributed by atoms with Gasteiger partial charge in [0.1, 0.15) is 11.3 Å². The molecule has 2 heterocycles. The summed E-state index contributed by atoms with van der Waals surface area (Å²) in [5.74, 6) is 0.187. The minimum atomic E-state index is -0.592. The minimum absolute atomic E-state index is 0.0104. The van der Waals surface area contributed by atoms with E-state index >= 15 is 0 Å². The largest absolute Gasteiger partial charge is 0.491 e. The number of amides is 1. The SMILES string of the molecule is CCn1ncc(NC(=O)c2cc(=O)oc3cc(OC(C)C)ccc23)c1C. The number of benzene rings is 1. The van der Waals surface area contributed by atoms with Crippen molar-refractivity contribution in [3.05, 3.63) is 52.1 Å². The first kappa shape index (κ1) is 17.7. The molecule has 0 unspecified atom stereocenters. The van der Waals surface area contributed by atoms with Crippen LogP contribution in [0.4, 0.5) is 5.69 Å². The Morgan fingerprint density at radius 2 is 2.12 bits per heavy atom. The fraction of sp³-hybridized carbons (Fsp3) is 0.316. The third-order valence-electron chi connectivity index (χ3n) is 3.98. The van der Waals surface area contributed by atoms with Crippen LogP contribution in [0.5, 0.6) is 5.75 Å². The molecule has 0 radical (unpaired) electrons. The van der Waals surface area contributed by atoms with Crippen molar-refractivity contribution in [2.24, 2.45) is 0 Å². The molecule has 0 spiro atoms. The quantitative estimate of drug-likeness (QED) is 0.709. The summed E-state index contributed by atoms with van der Waals surface area (Å²) >= 11 is 0. The Morgan fingerprint density at radius 3 is 2.77 bits per heavy atom. The lowest BCUT2D eigenvalue weighted by atomic mass is 10.1. The van der Waals surface area contributed by atoms with E-state index in [2.05, 4.69) is 10.4 Å². The lowest BCUT2D eigenvalue weighted by Gasteiger charge is -2.11. The number of ether oxygens (including phenoxy) is 1. The van der Waals surface area contributed by atoms with E-state index in [9.17, 15) is 9.59 Å². The minimum Gasteiger partial charge on any atom is -0.491 e. The summed E-state index contributed by atoms with van der Waals surface area (Å²) in [6.45, 7) is 8.36. The number of aromatic nitrogens is 2. The number of carbonyl (C=O) groups excluding carboxylic acids is 1. The van der Waals surface area contributed by atoms with Gasteiger partial charge in [-0.05, 0) is 39.8 Å². The van der Waals surface area contributed by atoms with E-state index in [-0.39, 0.29) is 17.6 Å². The van der Waals surface area contributed by atoms with Gasteiger partial charge in [0.15, 0.2) is 0 Å². The lowest BCUT2D eigenvalue weighted by molar-refractivity contribution is 0.102. The zero-order valence-electron chi connectivity index (χ0n) is 15.2. The summed E-state index contributed by atoms with van der Waals surface area (Å²) in [6.07, 6.45) is 1.59. The Morgan fingerprint density at radius 1 is 1.35 bits per heavy atom. The molecule has 0 aliphatic carbocycles. The Bertz CT molecular complexity index is 1020. The van der Waals surface area contributed by atoms with Gasteiger partial charge in [-0.3, -0.25) is 9.48 Å². The van der Waals surface area contributed by atoms with Crippen LogP contribution in [0.15, 0.2) is 39.7 Å². The van der Waals surface area contributed by atoms with Gasteiger partial charge in [0, 0.05) is 24.1 Å². The Labute approximate surface area is 150 Å². The monoisotopic (exact) mass is 355 g/mol. The molecule has 0 aliphatic rings. The number of carbonyl (C=O) groups is 1. The van der Waals surface area contributed by atoms with Crippen LogP contribution in [0.3, 0.4) is 0 Å². The first-order valence-electron chi connectivity index (χ1n) is 8.47. The van der Waals surface area contributed by atoms with Gasteiger partial charge in [0.25, 0.3) is 5.91 Å². The average molecular weight is 355 g/mol. The summed E-state index contributed by atoms with van der Waals surface area (Å²) in [4.78, 5) is 24.6. The molecule has 0 bridgehead atoms. The number of nitrogens with zero attached hydrogens (tertiary/aromatic N) is 2. The highest BCUT2D eigenvalue weighted by atomic mass is 16.5. The molecular formula is C19H21N3O4. The second-order valence-corrected chi connectivity index (χ2v) is 6.22. The molecule has 0 aliphatic heterocycles. The Hall–Kier alpha value is -3.09. The maximum atomic E-state index is 12.7. The van der Waals surface area contributed by atoms with Crippen molar-refractivity contribution in [3.8, 4) is 5.75 Å². The van der Waals surface area contributed by atoms with Crippen LogP contribution in [0.1, 0.15) is 36.8 Å². The molecule has 0 atom stereocenters. The zero-order valence-corrected chi connectivity index (χ0v) is 15.2. The van der Waals surface area contributed by atoms with Gasteiger partial charge >= 0.3 is 5.63 Å². The molecule has 3 aromatic rings. The van der Waals surface area contributed by atoms with E-state index in [4.69, 9.17) is 9.15 Å². The number of fused-ring (bicyclic) bond motifs is 1. The number of rotatable bonds is 5. The number of hydrogen-bond acceptors (Lipinski definition) is 5. The maximum Gasteiger partial charge on any atom is 0.337 e. The van der Waals surface area contributed by atoms with Gasteiger partial charge in [0.2, 0.25) is 0 Å². The van der Waals surface area contributed by atoms with Crippen molar-refractivity contribution in [1.82, 2.24) is 9.78 Å². The van der Waals surface area contributed by atoms with Crippen LogP contribution in [0.25, 0.3) is 11.0 Å². The Balaban J connectivity index is 1.99. The van der Waals surface area contributed by atoms with E-state index < -0.39 is 5.63 Å². The molecule has 2 aromatic heterocycles. The molecule has 0 fully saturated rings. The second-order valence-electron chi connectivity index (χ2n) is 6.22. The molecular weight excluding hydrogens is 334 g/mol. The molecule has 136 valence electrons. The van der Waals surface area contributed by atoms with E-state index in [1.54, 1.807) is 29.1 Å². The van der Waals surface area contributed by atoms with E-state index in [1.807, 2.05) is 27.7 Å². The number of anilines is 1. The van der Waals surface area contributed by atoms with Crippen LogP contribution in [-0.2, 0) is 6.54 Å². The van der Waals surface area contributed by atoms with Gasteiger partial charge in [0.05, 0.1) is 29.2 Å². The molecule has 1 N–H and O–H groups in total. The second kappa shape index (κ2) is 7.03. The van der Waals surface area contributed by atoms with Crippen LogP contribution in [0, 0.1) is 6.92 Å². The van der Waals surface area contributed by atoms with Gasteiger partial charge in [-0.25, -0.2) is 4.79 Å². The first-order chi connectivity index (χ1) is 12.4. The molecule has 7 heteroatoms. The standard InChI is InChI=1S/C19H21N3O4/c1-5-22-12(4)16(10-20-22)21-19(24)15-9-18(23)26-17-8-13(25-11(2)3)6-7-14(15)17/h6-11H,5H2,1-4H3,(H,21,24). The van der Waals surface area contributed by atoms with Gasteiger partial charge < -0.3 is 14.5 Å². The smallest absolute Gasteiger partial charge is 0.337 e. The van der Waals surface area contributed by atoms with E-state index in [1.165, 1.54) is 6.07 Å². The zero-order chi connectivity index (χ0) is 18.8. The molecule has 1 amide bonds. The van der Waals surface area contributed by atoms with Crippen molar-refractivity contribution in [3.63, 3.8) is 0 Å². The van der Waals surface area contributed by atoms with Crippen molar-refractivity contribution in [2.45, 2.75) is 40.3 Å². The third kappa shape index (κ3) is 3.46. The highest BCUT2D eigenvalue weighted by molar-refractivity contribution is 6.12. The number of nitrogens with one attached hydrogen (secondary N) is 1. The number of aryl methyl sites for hydroxylation is 1. The summed E-state index contributed by atoms with van der Waals surface area (Å²) in [5.41, 5.74) is 1.42. The topological polar surface area (TPSA) is 86.4 Å². The number of hydrogen-bond donors (Lipinski definition) is 1. The maximum absolute atomic E-state index is 12.7. The van der Waals surface area contributed by atoms with Gasteiger partial charge in [-0.1, -0.05) is 0 Å². The third-order valence-corrected chi connectivity index (χ3v) is 3.98. The highest BCUT2D eigenvalue weighted by Gasteiger charge is 2.16. The van der Waals surface area contributed by atoms with E-state index in [0.29, 0.717) is 29.0 Å². The van der Waals surface area contributed by atoms with Crippen molar-refractivity contribution in [2.75, 3.05) is 5.32 Å². The van der Waals surface area contributed by atoms with Crippen molar-refractivity contribution in [1.29, 1.82) is 0 Å².